The van der Waals surface area contributed by atoms with Gasteiger partial charge in [0.15, 0.2) is 0 Å². The Morgan fingerprint density at radius 1 is 0.733 bits per heavy atom. The highest BCUT2D eigenvalue weighted by molar-refractivity contribution is 5.98. The highest BCUT2D eigenvalue weighted by atomic mass is 15.1. The van der Waals surface area contributed by atoms with E-state index in [0.29, 0.717) is 0 Å². The lowest BCUT2D eigenvalue weighted by Crippen LogP contribution is -2.10. The van der Waals surface area contributed by atoms with Gasteiger partial charge in [-0.05, 0) is 53.8 Å². The third-order valence-corrected chi connectivity index (χ3v) is 5.12. The molecule has 1 heteroatoms. The number of fused-ring (bicyclic) bond motifs is 1. The first kappa shape index (κ1) is 19.5. The largest absolute Gasteiger partial charge is 0.310 e. The molecule has 0 aliphatic heterocycles. The Labute approximate surface area is 178 Å². The van der Waals surface area contributed by atoms with Crippen LogP contribution in [0.2, 0.25) is 0 Å². The molecule has 4 aromatic carbocycles. The summed E-state index contributed by atoms with van der Waals surface area (Å²) < 4.78 is 0. The molecule has 146 valence electrons. The summed E-state index contributed by atoms with van der Waals surface area (Å²) >= 11 is 0. The molecule has 4 aromatic rings. The molecule has 0 bridgehead atoms. The summed E-state index contributed by atoms with van der Waals surface area (Å²) in [6.45, 7) is 5.87. The van der Waals surface area contributed by atoms with Crippen molar-refractivity contribution in [3.05, 3.63) is 134 Å². The summed E-state index contributed by atoms with van der Waals surface area (Å²) in [5.41, 5.74) is 5.75. The van der Waals surface area contributed by atoms with Gasteiger partial charge < -0.3 is 4.90 Å². The Balaban J connectivity index is 1.86. The normalized spacial score (nSPS) is 11.7. The van der Waals surface area contributed by atoms with E-state index in [1.54, 1.807) is 0 Å². The fourth-order valence-corrected chi connectivity index (χ4v) is 3.77. The summed E-state index contributed by atoms with van der Waals surface area (Å²) in [6.07, 6.45) is 8.02. The van der Waals surface area contributed by atoms with Gasteiger partial charge in [-0.25, -0.2) is 0 Å². The number of nitrogens with zero attached hydrogens (tertiary/aromatic N) is 1. The summed E-state index contributed by atoms with van der Waals surface area (Å²) in [5, 5.41) is 2.46. The van der Waals surface area contributed by atoms with E-state index in [9.17, 15) is 0 Å². The van der Waals surface area contributed by atoms with E-state index in [1.807, 2.05) is 19.1 Å². The van der Waals surface area contributed by atoms with Crippen LogP contribution in [0.4, 0.5) is 17.1 Å². The average Bonchev–Trinajstić information content (AvgIpc) is 2.81. The highest BCUT2D eigenvalue weighted by Crippen LogP contribution is 2.38. The molecule has 1 nitrogen and oxygen atoms in total. The van der Waals surface area contributed by atoms with Gasteiger partial charge in [-0.15, -0.1) is 0 Å². The van der Waals surface area contributed by atoms with Crippen LogP contribution in [0, 0.1) is 0 Å². The number of hydrogen-bond acceptors (Lipinski definition) is 1. The Hall–Kier alpha value is -3.84. The molecule has 0 unspecified atom stereocenters. The fraction of sp³-hybridized carbons (Fsp3) is 0.0345. The maximum absolute atomic E-state index is 3.84. The molecule has 4 rings (SSSR count). The molecule has 0 fully saturated rings. The Kier molecular flexibility index (Phi) is 5.91. The van der Waals surface area contributed by atoms with Gasteiger partial charge in [0.2, 0.25) is 0 Å². The lowest BCUT2D eigenvalue weighted by Gasteiger charge is -2.27. The third-order valence-electron chi connectivity index (χ3n) is 5.12. The number of benzene rings is 4. The average molecular weight is 388 g/mol. The molecule has 0 spiro atoms. The molecular weight excluding hydrogens is 362 g/mol. The molecule has 0 amide bonds. The SMILES string of the molecule is C=CC=C(C=CC)c1ccc(N(c2ccccc2)c2cccc3ccccc23)cc1. The van der Waals surface area contributed by atoms with Crippen molar-refractivity contribution in [2.75, 3.05) is 4.90 Å². The van der Waals surface area contributed by atoms with E-state index < -0.39 is 0 Å². The summed E-state index contributed by atoms with van der Waals surface area (Å²) in [7, 11) is 0. The molecule has 0 N–H and O–H groups in total. The lowest BCUT2D eigenvalue weighted by atomic mass is 10.0. The molecule has 0 heterocycles. The van der Waals surface area contributed by atoms with E-state index in [1.165, 1.54) is 22.0 Å². The van der Waals surface area contributed by atoms with Crippen LogP contribution in [0.15, 0.2) is 128 Å². The molecule has 0 saturated heterocycles. The van der Waals surface area contributed by atoms with Crippen molar-refractivity contribution in [3.63, 3.8) is 0 Å². The van der Waals surface area contributed by atoms with Crippen LogP contribution in [0.5, 0.6) is 0 Å². The summed E-state index contributed by atoms with van der Waals surface area (Å²) in [4.78, 5) is 2.32. The Morgan fingerprint density at radius 3 is 2.13 bits per heavy atom. The molecule has 0 aliphatic rings. The first-order chi connectivity index (χ1) is 14.8. The molecule has 0 atom stereocenters. The first-order valence-electron chi connectivity index (χ1n) is 10.2. The monoisotopic (exact) mass is 387 g/mol. The van der Waals surface area contributed by atoms with Crippen LogP contribution in [0.3, 0.4) is 0 Å². The zero-order chi connectivity index (χ0) is 20.8. The van der Waals surface area contributed by atoms with Crippen LogP contribution in [0.25, 0.3) is 16.3 Å². The van der Waals surface area contributed by atoms with Crippen molar-refractivity contribution < 1.29 is 0 Å². The second-order valence-corrected chi connectivity index (χ2v) is 7.07. The zero-order valence-corrected chi connectivity index (χ0v) is 17.2. The van der Waals surface area contributed by atoms with E-state index in [0.717, 1.165) is 16.9 Å². The van der Waals surface area contributed by atoms with Gasteiger partial charge >= 0.3 is 0 Å². The number of allylic oxidation sites excluding steroid dienone is 5. The predicted octanol–water partition coefficient (Wildman–Crippen LogP) is 8.46. The van der Waals surface area contributed by atoms with Gasteiger partial charge in [-0.1, -0.05) is 97.6 Å². The van der Waals surface area contributed by atoms with Gasteiger partial charge in [-0.2, -0.15) is 0 Å². The fourth-order valence-electron chi connectivity index (χ4n) is 3.77. The quantitative estimate of drug-likeness (QED) is 0.300. The van der Waals surface area contributed by atoms with Crippen LogP contribution >= 0.6 is 0 Å². The molecule has 0 saturated carbocycles. The van der Waals surface area contributed by atoms with Crippen molar-refractivity contribution in [2.24, 2.45) is 0 Å². The third kappa shape index (κ3) is 3.97. The zero-order valence-electron chi connectivity index (χ0n) is 17.2. The van der Waals surface area contributed by atoms with Crippen molar-refractivity contribution in [1.82, 2.24) is 0 Å². The predicted molar refractivity (Wildman–Crippen MR) is 132 cm³/mol. The van der Waals surface area contributed by atoms with E-state index in [4.69, 9.17) is 0 Å². The minimum absolute atomic E-state index is 1.12. The van der Waals surface area contributed by atoms with Crippen LogP contribution < -0.4 is 4.90 Å². The summed E-state index contributed by atoms with van der Waals surface area (Å²) in [5.74, 6) is 0. The molecule has 0 aromatic heterocycles. The number of para-hydroxylation sites is 1. The van der Waals surface area contributed by atoms with E-state index >= 15 is 0 Å². The van der Waals surface area contributed by atoms with Crippen molar-refractivity contribution in [3.8, 4) is 0 Å². The smallest absolute Gasteiger partial charge is 0.0540 e. The van der Waals surface area contributed by atoms with Crippen LogP contribution in [0.1, 0.15) is 12.5 Å². The minimum atomic E-state index is 1.12. The van der Waals surface area contributed by atoms with Crippen LogP contribution in [-0.4, -0.2) is 0 Å². The lowest BCUT2D eigenvalue weighted by molar-refractivity contribution is 1.29. The van der Waals surface area contributed by atoms with Gasteiger partial charge in [0.05, 0.1) is 5.69 Å². The maximum atomic E-state index is 3.84. The van der Waals surface area contributed by atoms with Gasteiger partial charge in [0.1, 0.15) is 0 Å². The standard InChI is InChI=1S/C29H25N/c1-3-11-23(12-4-2)24-19-21-27(22-20-24)30(26-15-6-5-7-16-26)29-18-10-14-25-13-8-9-17-28(25)29/h3-22H,1H2,2H3. The summed E-state index contributed by atoms with van der Waals surface area (Å²) in [6, 6.07) is 34.2. The molecule has 30 heavy (non-hydrogen) atoms. The molecule has 0 aliphatic carbocycles. The van der Waals surface area contributed by atoms with E-state index in [-0.39, 0.29) is 0 Å². The van der Waals surface area contributed by atoms with Crippen molar-refractivity contribution >= 4 is 33.4 Å². The van der Waals surface area contributed by atoms with E-state index in [2.05, 4.69) is 121 Å². The van der Waals surface area contributed by atoms with Crippen molar-refractivity contribution in [2.45, 2.75) is 6.92 Å². The Bertz CT molecular complexity index is 1190. The number of anilines is 3. The second-order valence-electron chi connectivity index (χ2n) is 7.07. The number of rotatable bonds is 6. The van der Waals surface area contributed by atoms with Gasteiger partial charge in [-0.3, -0.25) is 0 Å². The minimum Gasteiger partial charge on any atom is -0.310 e. The molecular formula is C29H25N. The number of hydrogen-bond donors (Lipinski definition) is 0. The topological polar surface area (TPSA) is 3.24 Å². The molecule has 0 radical (unpaired) electrons. The van der Waals surface area contributed by atoms with Crippen molar-refractivity contribution in [1.29, 1.82) is 0 Å². The first-order valence-corrected chi connectivity index (χ1v) is 10.2. The highest BCUT2D eigenvalue weighted by Gasteiger charge is 2.14. The Morgan fingerprint density at radius 2 is 1.40 bits per heavy atom. The van der Waals surface area contributed by atoms with Gasteiger partial charge in [0.25, 0.3) is 0 Å². The second kappa shape index (κ2) is 9.11. The van der Waals surface area contributed by atoms with Crippen LogP contribution in [-0.2, 0) is 0 Å². The van der Waals surface area contributed by atoms with Gasteiger partial charge in [0, 0.05) is 16.8 Å². The maximum Gasteiger partial charge on any atom is 0.0540 e.